The molecule has 0 saturated carbocycles. The van der Waals surface area contributed by atoms with Crippen LogP contribution in [0.15, 0.2) is 0 Å². The van der Waals surface area contributed by atoms with Crippen LogP contribution in [0.5, 0.6) is 0 Å². The lowest BCUT2D eigenvalue weighted by Crippen LogP contribution is -2.52. The van der Waals surface area contributed by atoms with Gasteiger partial charge in [-0.25, -0.2) is 0 Å². The van der Waals surface area contributed by atoms with Crippen molar-refractivity contribution < 1.29 is 19.7 Å². The van der Waals surface area contributed by atoms with Crippen LogP contribution in [0.2, 0.25) is 0 Å². The average Bonchev–Trinajstić information content (AvgIpc) is 2.79. The van der Waals surface area contributed by atoms with Crippen LogP contribution < -0.4 is 0 Å². The molecule has 0 aromatic carbocycles. The van der Waals surface area contributed by atoms with Crippen molar-refractivity contribution in [2.45, 2.75) is 12.5 Å². The van der Waals surface area contributed by atoms with Gasteiger partial charge < -0.3 is 19.7 Å². The van der Waals surface area contributed by atoms with Crippen molar-refractivity contribution in [2.75, 3.05) is 52.7 Å². The van der Waals surface area contributed by atoms with Crippen LogP contribution in [0.3, 0.4) is 0 Å². The molecule has 0 aromatic rings. The van der Waals surface area contributed by atoms with Crippen molar-refractivity contribution in [3.63, 3.8) is 0 Å². The maximum absolute atomic E-state index is 9.51. The molecule has 2 unspecified atom stereocenters. The van der Waals surface area contributed by atoms with Crippen LogP contribution in [0, 0.1) is 5.41 Å². The van der Waals surface area contributed by atoms with Crippen LogP contribution in [0.1, 0.15) is 6.42 Å². The molecule has 94 valence electrons. The van der Waals surface area contributed by atoms with Crippen molar-refractivity contribution in [3.05, 3.63) is 0 Å². The third-order valence-corrected chi connectivity index (χ3v) is 3.62. The summed E-state index contributed by atoms with van der Waals surface area (Å²) in [5.41, 5.74) is -0.134. The molecule has 5 heteroatoms. The highest BCUT2D eigenvalue weighted by Gasteiger charge is 2.38. The maximum atomic E-state index is 9.51. The second-order valence-corrected chi connectivity index (χ2v) is 4.84. The second-order valence-electron chi connectivity index (χ2n) is 4.84. The quantitative estimate of drug-likeness (QED) is 0.655. The van der Waals surface area contributed by atoms with Gasteiger partial charge in [0.05, 0.1) is 39.1 Å². The van der Waals surface area contributed by atoms with E-state index in [1.807, 2.05) is 0 Å². The summed E-state index contributed by atoms with van der Waals surface area (Å²) in [6.07, 6.45) is 0.902. The molecule has 0 amide bonds. The third kappa shape index (κ3) is 2.55. The minimum absolute atomic E-state index is 0.0674. The molecule has 2 aliphatic rings. The summed E-state index contributed by atoms with van der Waals surface area (Å²) in [6.45, 7) is 4.53. The lowest BCUT2D eigenvalue weighted by Gasteiger charge is -2.39. The number of morpholine rings is 1. The predicted molar refractivity (Wildman–Crippen MR) is 58.2 cm³/mol. The molecule has 2 aliphatic heterocycles. The first-order chi connectivity index (χ1) is 7.79. The molecule has 2 heterocycles. The summed E-state index contributed by atoms with van der Waals surface area (Å²) in [6, 6.07) is 0.0674. The van der Waals surface area contributed by atoms with E-state index in [4.69, 9.17) is 9.47 Å². The minimum Gasteiger partial charge on any atom is -0.396 e. The smallest absolute Gasteiger partial charge is 0.0644 e. The molecule has 0 radical (unpaired) electrons. The van der Waals surface area contributed by atoms with Crippen LogP contribution in [-0.2, 0) is 9.47 Å². The molecule has 0 aromatic heterocycles. The van der Waals surface area contributed by atoms with Crippen LogP contribution in [-0.4, -0.2) is 73.9 Å². The first kappa shape index (κ1) is 12.3. The van der Waals surface area contributed by atoms with Gasteiger partial charge in [-0.2, -0.15) is 0 Å². The van der Waals surface area contributed by atoms with E-state index in [2.05, 4.69) is 4.90 Å². The lowest BCUT2D eigenvalue weighted by atomic mass is 9.87. The van der Waals surface area contributed by atoms with Crippen molar-refractivity contribution in [1.29, 1.82) is 0 Å². The molecule has 0 bridgehead atoms. The fourth-order valence-corrected chi connectivity index (χ4v) is 2.45. The van der Waals surface area contributed by atoms with Gasteiger partial charge in [0.2, 0.25) is 0 Å². The van der Waals surface area contributed by atoms with Gasteiger partial charge in [0.15, 0.2) is 0 Å². The number of aliphatic hydroxyl groups excluding tert-OH is 2. The average molecular weight is 231 g/mol. The van der Waals surface area contributed by atoms with E-state index in [0.717, 1.165) is 26.1 Å². The molecule has 0 spiro atoms. The standard InChI is InChI=1S/C11H21NO4/c13-5-10-6-15-4-2-12(10)7-11(8-14)1-3-16-9-11/h10,13-14H,1-9H2. The normalized spacial score (nSPS) is 36.8. The van der Waals surface area contributed by atoms with Crippen molar-refractivity contribution >= 4 is 0 Å². The van der Waals surface area contributed by atoms with Gasteiger partial charge in [-0.3, -0.25) is 4.90 Å². The first-order valence-electron chi connectivity index (χ1n) is 5.91. The largest absolute Gasteiger partial charge is 0.396 e. The van der Waals surface area contributed by atoms with E-state index in [9.17, 15) is 10.2 Å². The van der Waals surface area contributed by atoms with Crippen molar-refractivity contribution in [3.8, 4) is 0 Å². The molecule has 0 aliphatic carbocycles. The van der Waals surface area contributed by atoms with Gasteiger partial charge in [0.1, 0.15) is 0 Å². The van der Waals surface area contributed by atoms with Gasteiger partial charge in [0, 0.05) is 25.1 Å². The number of ether oxygens (including phenoxy) is 2. The van der Waals surface area contributed by atoms with Crippen LogP contribution in [0.25, 0.3) is 0 Å². The molecular formula is C11H21NO4. The van der Waals surface area contributed by atoms with E-state index in [1.54, 1.807) is 0 Å². The van der Waals surface area contributed by atoms with E-state index < -0.39 is 0 Å². The topological polar surface area (TPSA) is 62.2 Å². The Kier molecular flexibility index (Phi) is 4.16. The Morgan fingerprint density at radius 1 is 1.25 bits per heavy atom. The van der Waals surface area contributed by atoms with Gasteiger partial charge in [-0.15, -0.1) is 0 Å². The Labute approximate surface area is 96.0 Å². The van der Waals surface area contributed by atoms with E-state index in [0.29, 0.717) is 19.8 Å². The number of nitrogens with zero attached hydrogens (tertiary/aromatic N) is 1. The minimum atomic E-state index is -0.134. The van der Waals surface area contributed by atoms with Gasteiger partial charge in [0.25, 0.3) is 0 Å². The van der Waals surface area contributed by atoms with Gasteiger partial charge in [-0.1, -0.05) is 0 Å². The van der Waals surface area contributed by atoms with Gasteiger partial charge >= 0.3 is 0 Å². The molecule has 2 N–H and O–H groups in total. The number of hydrogen-bond acceptors (Lipinski definition) is 5. The molecular weight excluding hydrogens is 210 g/mol. The highest BCUT2D eigenvalue weighted by Crippen LogP contribution is 2.30. The lowest BCUT2D eigenvalue weighted by molar-refractivity contribution is -0.0533. The van der Waals surface area contributed by atoms with Crippen LogP contribution >= 0.6 is 0 Å². The third-order valence-electron chi connectivity index (χ3n) is 3.62. The number of aliphatic hydroxyl groups is 2. The number of hydrogen-bond donors (Lipinski definition) is 2. The van der Waals surface area contributed by atoms with Crippen LogP contribution in [0.4, 0.5) is 0 Å². The Bertz CT molecular complexity index is 218. The van der Waals surface area contributed by atoms with E-state index in [1.165, 1.54) is 0 Å². The molecule has 16 heavy (non-hydrogen) atoms. The zero-order chi connectivity index (χ0) is 11.4. The molecule has 5 nitrogen and oxygen atoms in total. The molecule has 2 atom stereocenters. The highest BCUT2D eigenvalue weighted by molar-refractivity contribution is 4.88. The van der Waals surface area contributed by atoms with Crippen molar-refractivity contribution in [2.24, 2.45) is 5.41 Å². The summed E-state index contributed by atoms with van der Waals surface area (Å²) in [4.78, 5) is 2.22. The zero-order valence-electron chi connectivity index (χ0n) is 9.60. The fourth-order valence-electron chi connectivity index (χ4n) is 2.45. The summed E-state index contributed by atoms with van der Waals surface area (Å²) in [5, 5.41) is 18.8. The van der Waals surface area contributed by atoms with E-state index in [-0.39, 0.29) is 24.7 Å². The Hall–Kier alpha value is -0.200. The first-order valence-corrected chi connectivity index (χ1v) is 5.91. The zero-order valence-corrected chi connectivity index (χ0v) is 9.60. The summed E-state index contributed by atoms with van der Waals surface area (Å²) in [7, 11) is 0. The highest BCUT2D eigenvalue weighted by atomic mass is 16.5. The summed E-state index contributed by atoms with van der Waals surface area (Å²) < 4.78 is 10.7. The van der Waals surface area contributed by atoms with Crippen molar-refractivity contribution in [1.82, 2.24) is 4.90 Å². The Morgan fingerprint density at radius 2 is 2.12 bits per heavy atom. The van der Waals surface area contributed by atoms with E-state index >= 15 is 0 Å². The molecule has 2 saturated heterocycles. The monoisotopic (exact) mass is 231 g/mol. The second kappa shape index (κ2) is 5.42. The Morgan fingerprint density at radius 3 is 2.75 bits per heavy atom. The summed E-state index contributed by atoms with van der Waals surface area (Å²) >= 11 is 0. The number of rotatable bonds is 4. The summed E-state index contributed by atoms with van der Waals surface area (Å²) in [5.74, 6) is 0. The molecule has 2 fully saturated rings. The predicted octanol–water partition coefficient (Wildman–Crippen LogP) is -0.921. The maximum Gasteiger partial charge on any atom is 0.0644 e. The fraction of sp³-hybridized carbons (Fsp3) is 1.00. The van der Waals surface area contributed by atoms with Gasteiger partial charge in [-0.05, 0) is 6.42 Å². The SMILES string of the molecule is OCC1COCCN1CC1(CO)CCOC1. The molecule has 2 rings (SSSR count). The Balaban J connectivity index is 1.95.